The average molecular weight is 493 g/mol. The molecule has 2 aromatic heterocycles. The van der Waals surface area contributed by atoms with Crippen LogP contribution in [0.2, 0.25) is 0 Å². The van der Waals surface area contributed by atoms with E-state index in [1.807, 2.05) is 13.0 Å². The fraction of sp³-hybridized carbons (Fsp3) is 0.0417. The van der Waals surface area contributed by atoms with Crippen LogP contribution in [0.25, 0.3) is 11.1 Å². The first-order valence-electron chi connectivity index (χ1n) is 10.1. The maximum Gasteiger partial charge on any atom is 0.269 e. The Kier molecular flexibility index (Phi) is 6.55. The first-order valence-corrected chi connectivity index (χ1v) is 12.5. The van der Waals surface area contributed by atoms with Crippen molar-refractivity contribution >= 4 is 44.7 Å². The number of thiophene rings is 1. The summed E-state index contributed by atoms with van der Waals surface area (Å²) in [5, 5.41) is 12.5. The van der Waals surface area contributed by atoms with Crippen molar-refractivity contribution in [2.45, 2.75) is 11.8 Å². The van der Waals surface area contributed by atoms with Crippen LogP contribution >= 0.6 is 11.3 Å². The van der Waals surface area contributed by atoms with E-state index < -0.39 is 15.9 Å². The lowest BCUT2D eigenvalue weighted by atomic mass is 10.0. The molecule has 4 N–H and O–H groups in total. The second-order valence-corrected chi connectivity index (χ2v) is 9.86. The van der Waals surface area contributed by atoms with Crippen LogP contribution in [0.1, 0.15) is 25.6 Å². The molecular weight excluding hydrogens is 472 g/mol. The highest BCUT2D eigenvalue weighted by Crippen LogP contribution is 2.28. The zero-order valence-corrected chi connectivity index (χ0v) is 19.6. The Morgan fingerprint density at radius 3 is 2.32 bits per heavy atom. The number of nitrogens with one attached hydrogen (secondary N) is 2. The number of benzene rings is 2. The predicted molar refractivity (Wildman–Crippen MR) is 132 cm³/mol. The second kappa shape index (κ2) is 9.56. The molecule has 0 unspecified atom stereocenters. The van der Waals surface area contributed by atoms with Crippen molar-refractivity contribution in [1.82, 2.24) is 4.98 Å². The minimum absolute atomic E-state index is 0.00388. The number of nitrogens with zero attached hydrogens (tertiary/aromatic N) is 1. The minimum Gasteiger partial charge on any atom is -0.320 e. The molecule has 0 fully saturated rings. The van der Waals surface area contributed by atoms with Gasteiger partial charge in [-0.1, -0.05) is 36.4 Å². The molecule has 10 heteroatoms. The molecule has 4 aromatic rings. The molecule has 0 spiro atoms. The molecule has 172 valence electrons. The molecule has 8 nitrogen and oxygen atoms in total. The number of amides is 2. The molecule has 0 atom stereocenters. The maximum atomic E-state index is 12.8. The van der Waals surface area contributed by atoms with Crippen molar-refractivity contribution in [3.63, 3.8) is 0 Å². The first-order chi connectivity index (χ1) is 16.2. The van der Waals surface area contributed by atoms with Crippen molar-refractivity contribution in [3.8, 4) is 11.1 Å². The molecule has 0 aliphatic rings. The van der Waals surface area contributed by atoms with E-state index in [2.05, 4.69) is 15.6 Å². The fourth-order valence-corrected chi connectivity index (χ4v) is 4.75. The Morgan fingerprint density at radius 1 is 0.912 bits per heavy atom. The van der Waals surface area contributed by atoms with Gasteiger partial charge in [0.25, 0.3) is 11.8 Å². The third kappa shape index (κ3) is 5.20. The molecule has 2 aromatic carbocycles. The van der Waals surface area contributed by atoms with E-state index in [0.717, 1.165) is 5.56 Å². The van der Waals surface area contributed by atoms with Crippen LogP contribution < -0.4 is 15.8 Å². The summed E-state index contributed by atoms with van der Waals surface area (Å²) in [5.74, 6) is -0.375. The van der Waals surface area contributed by atoms with Crippen molar-refractivity contribution in [2.24, 2.45) is 5.14 Å². The summed E-state index contributed by atoms with van der Waals surface area (Å²) in [4.78, 5) is 30.0. The Labute approximate surface area is 200 Å². The number of anilines is 2. The lowest BCUT2D eigenvalue weighted by molar-refractivity contribution is 0.102. The van der Waals surface area contributed by atoms with Gasteiger partial charge in [0.05, 0.1) is 10.6 Å². The number of aryl methyl sites for hydroxylation is 1. The number of carbonyl (C=O) groups is 2. The Hall–Kier alpha value is -3.86. The van der Waals surface area contributed by atoms with Gasteiger partial charge in [0.1, 0.15) is 10.7 Å². The topological polar surface area (TPSA) is 131 Å². The van der Waals surface area contributed by atoms with Gasteiger partial charge in [0, 0.05) is 17.3 Å². The molecule has 0 saturated heterocycles. The van der Waals surface area contributed by atoms with E-state index in [9.17, 15) is 18.0 Å². The Morgan fingerprint density at radius 2 is 1.65 bits per heavy atom. The van der Waals surface area contributed by atoms with Crippen molar-refractivity contribution < 1.29 is 18.0 Å². The molecule has 0 aliphatic heterocycles. The lowest BCUT2D eigenvalue weighted by Gasteiger charge is -2.10. The second-order valence-electron chi connectivity index (χ2n) is 7.41. The van der Waals surface area contributed by atoms with Gasteiger partial charge >= 0.3 is 0 Å². The highest BCUT2D eigenvalue weighted by molar-refractivity contribution is 7.89. The summed E-state index contributed by atoms with van der Waals surface area (Å²) in [6.07, 6.45) is 1.65. The number of pyridine rings is 1. The number of primary sulfonamides is 1. The maximum absolute atomic E-state index is 12.8. The molecule has 0 saturated carbocycles. The van der Waals surface area contributed by atoms with Gasteiger partial charge in [-0.25, -0.2) is 18.5 Å². The van der Waals surface area contributed by atoms with E-state index >= 15 is 0 Å². The van der Waals surface area contributed by atoms with Crippen molar-refractivity contribution in [2.75, 3.05) is 10.6 Å². The van der Waals surface area contributed by atoms with Gasteiger partial charge in [-0.05, 0) is 53.8 Å². The summed E-state index contributed by atoms with van der Waals surface area (Å²) in [5.41, 5.74) is 2.74. The van der Waals surface area contributed by atoms with Gasteiger partial charge in [-0.15, -0.1) is 11.3 Å². The van der Waals surface area contributed by atoms with Crippen LogP contribution in [0.5, 0.6) is 0 Å². The zero-order valence-electron chi connectivity index (χ0n) is 18.0. The highest BCUT2D eigenvalue weighted by atomic mass is 32.2. The standard InChI is InChI=1S/C24H20N4O4S2/c1-15-6-11-21(26-14-15)28-24(30)22-19(12-13-33-22)27-23(29)17-9-7-16(8-10-17)18-4-2-3-5-20(18)34(25,31)32/h2-14H,1H3,(H,27,29)(H2,25,31,32)(H,26,28,30). The third-order valence-electron chi connectivity index (χ3n) is 4.92. The average Bonchev–Trinajstić information content (AvgIpc) is 3.28. The largest absolute Gasteiger partial charge is 0.320 e. The monoisotopic (exact) mass is 492 g/mol. The van der Waals surface area contributed by atoms with Gasteiger partial charge in [-0.2, -0.15) is 0 Å². The number of hydrogen-bond donors (Lipinski definition) is 3. The fourth-order valence-electron chi connectivity index (χ4n) is 3.25. The van der Waals surface area contributed by atoms with Crippen LogP contribution in [0.15, 0.2) is 83.2 Å². The highest BCUT2D eigenvalue weighted by Gasteiger charge is 2.18. The van der Waals surface area contributed by atoms with E-state index in [1.54, 1.807) is 66.2 Å². The summed E-state index contributed by atoms with van der Waals surface area (Å²) >= 11 is 1.20. The molecule has 2 amide bonds. The molecule has 34 heavy (non-hydrogen) atoms. The SMILES string of the molecule is Cc1ccc(NC(=O)c2sccc2NC(=O)c2ccc(-c3ccccc3S(N)(=O)=O)cc2)nc1. The number of nitrogens with two attached hydrogens (primary N) is 1. The molecule has 2 heterocycles. The molecule has 0 radical (unpaired) electrons. The number of sulfonamides is 1. The van der Waals surface area contributed by atoms with Crippen LogP contribution in [0.4, 0.5) is 11.5 Å². The summed E-state index contributed by atoms with van der Waals surface area (Å²) in [6.45, 7) is 1.90. The summed E-state index contributed by atoms with van der Waals surface area (Å²) in [7, 11) is -3.90. The van der Waals surface area contributed by atoms with Crippen LogP contribution in [-0.4, -0.2) is 25.2 Å². The van der Waals surface area contributed by atoms with E-state index in [4.69, 9.17) is 5.14 Å². The zero-order chi connectivity index (χ0) is 24.3. The number of aromatic nitrogens is 1. The molecule has 0 aliphatic carbocycles. The van der Waals surface area contributed by atoms with E-state index in [-0.39, 0.29) is 10.8 Å². The van der Waals surface area contributed by atoms with E-state index in [1.165, 1.54) is 17.4 Å². The van der Waals surface area contributed by atoms with Gasteiger partial charge in [0.15, 0.2) is 0 Å². The summed E-state index contributed by atoms with van der Waals surface area (Å²) in [6, 6.07) is 18.0. The predicted octanol–water partition coefficient (Wildman–Crippen LogP) is 4.27. The summed E-state index contributed by atoms with van der Waals surface area (Å²) < 4.78 is 23.8. The minimum atomic E-state index is -3.90. The van der Waals surface area contributed by atoms with Gasteiger partial charge < -0.3 is 10.6 Å². The number of hydrogen-bond acceptors (Lipinski definition) is 6. The van der Waals surface area contributed by atoms with Crippen LogP contribution in [-0.2, 0) is 10.0 Å². The van der Waals surface area contributed by atoms with Crippen LogP contribution in [0, 0.1) is 6.92 Å². The van der Waals surface area contributed by atoms with Crippen molar-refractivity contribution in [1.29, 1.82) is 0 Å². The third-order valence-corrected chi connectivity index (χ3v) is 6.81. The Balaban J connectivity index is 1.50. The van der Waals surface area contributed by atoms with Crippen molar-refractivity contribution in [3.05, 3.63) is 94.3 Å². The lowest BCUT2D eigenvalue weighted by Crippen LogP contribution is -2.17. The number of rotatable bonds is 6. The van der Waals surface area contributed by atoms with E-state index in [0.29, 0.717) is 33.1 Å². The van der Waals surface area contributed by atoms with Crippen LogP contribution in [0.3, 0.4) is 0 Å². The van der Waals surface area contributed by atoms with Gasteiger partial charge in [0.2, 0.25) is 10.0 Å². The quantitative estimate of drug-likeness (QED) is 0.370. The molecular formula is C24H20N4O4S2. The number of carbonyl (C=O) groups excluding carboxylic acids is 2. The Bertz CT molecular complexity index is 1460. The van der Waals surface area contributed by atoms with Gasteiger partial charge in [-0.3, -0.25) is 9.59 Å². The first kappa shape index (κ1) is 23.3. The molecule has 0 bridgehead atoms. The molecule has 4 rings (SSSR count). The normalized spacial score (nSPS) is 11.1. The smallest absolute Gasteiger partial charge is 0.269 e.